The van der Waals surface area contributed by atoms with Gasteiger partial charge in [-0.15, -0.1) is 11.3 Å². The molecule has 1 N–H and O–H groups in total. The number of benzene rings is 1. The molecule has 156 valence electrons. The Hall–Kier alpha value is -2.48. The Bertz CT molecular complexity index is 858. The second-order valence-electron chi connectivity index (χ2n) is 7.23. The average Bonchev–Trinajstić information content (AvgIpc) is 3.15. The van der Waals surface area contributed by atoms with Crippen molar-refractivity contribution in [2.24, 2.45) is 0 Å². The van der Waals surface area contributed by atoms with Gasteiger partial charge in [0.1, 0.15) is 11.6 Å². The summed E-state index contributed by atoms with van der Waals surface area (Å²) in [6.45, 7) is 3.31. The van der Waals surface area contributed by atoms with Crippen LogP contribution in [0.15, 0.2) is 30.3 Å². The van der Waals surface area contributed by atoms with E-state index in [4.69, 9.17) is 0 Å². The number of halogens is 2. The Morgan fingerprint density at radius 2 is 1.83 bits per heavy atom. The van der Waals surface area contributed by atoms with Crippen molar-refractivity contribution in [3.63, 3.8) is 0 Å². The number of carbonyl (C=O) groups excluding carboxylic acids is 2. The molecule has 0 spiro atoms. The van der Waals surface area contributed by atoms with Crippen LogP contribution in [0.2, 0.25) is 0 Å². The van der Waals surface area contributed by atoms with Gasteiger partial charge in [-0.25, -0.2) is 13.6 Å². The lowest BCUT2D eigenvalue weighted by molar-refractivity contribution is -0.132. The number of hydrogen-bond donors (Lipinski definition) is 1. The molecule has 1 aromatic carbocycles. The third kappa shape index (κ3) is 5.32. The first-order valence-corrected chi connectivity index (χ1v) is 10.6. The van der Waals surface area contributed by atoms with Gasteiger partial charge in [-0.2, -0.15) is 0 Å². The van der Waals surface area contributed by atoms with E-state index in [-0.39, 0.29) is 18.0 Å². The summed E-state index contributed by atoms with van der Waals surface area (Å²) in [5.41, 5.74) is 0.436. The topological polar surface area (TPSA) is 52.7 Å². The van der Waals surface area contributed by atoms with Gasteiger partial charge in [0.2, 0.25) is 5.91 Å². The fraction of sp³-hybridized carbons (Fsp3) is 0.429. The maximum absolute atomic E-state index is 13.4. The monoisotopic (exact) mass is 421 g/mol. The molecular weight excluding hydrogens is 396 g/mol. The second-order valence-corrected chi connectivity index (χ2v) is 8.31. The van der Waals surface area contributed by atoms with Crippen molar-refractivity contribution in [2.45, 2.75) is 38.6 Å². The number of nitrogens with zero attached hydrogens (tertiary/aromatic N) is 2. The van der Waals surface area contributed by atoms with E-state index >= 15 is 0 Å². The van der Waals surface area contributed by atoms with E-state index in [1.165, 1.54) is 23.5 Å². The summed E-state index contributed by atoms with van der Waals surface area (Å²) in [6, 6.07) is 6.64. The third-order valence-corrected chi connectivity index (χ3v) is 6.18. The van der Waals surface area contributed by atoms with Crippen molar-refractivity contribution in [3.05, 3.63) is 42.0 Å². The van der Waals surface area contributed by atoms with Crippen LogP contribution in [0.1, 0.15) is 32.6 Å². The highest BCUT2D eigenvalue weighted by Gasteiger charge is 2.27. The van der Waals surface area contributed by atoms with E-state index in [0.717, 1.165) is 25.3 Å². The summed E-state index contributed by atoms with van der Waals surface area (Å²) >= 11 is 1.26. The van der Waals surface area contributed by atoms with Crippen LogP contribution >= 0.6 is 11.3 Å². The predicted octanol–water partition coefficient (Wildman–Crippen LogP) is 4.95. The van der Waals surface area contributed by atoms with Crippen LogP contribution in [0, 0.1) is 11.6 Å². The molecule has 29 heavy (non-hydrogen) atoms. The number of hydrogen-bond acceptors (Lipinski definition) is 3. The molecule has 0 aliphatic carbocycles. The molecule has 5 nitrogen and oxygen atoms in total. The second kappa shape index (κ2) is 9.35. The van der Waals surface area contributed by atoms with Crippen molar-refractivity contribution < 1.29 is 18.4 Å². The summed E-state index contributed by atoms with van der Waals surface area (Å²) in [5, 5.41) is 3.46. The summed E-state index contributed by atoms with van der Waals surface area (Å²) in [7, 11) is 1.75. The largest absolute Gasteiger partial charge is 0.343 e. The van der Waals surface area contributed by atoms with Crippen LogP contribution in [0.3, 0.4) is 0 Å². The molecule has 1 aliphatic heterocycles. The molecule has 0 radical (unpaired) electrons. The Morgan fingerprint density at radius 3 is 2.45 bits per heavy atom. The predicted molar refractivity (Wildman–Crippen MR) is 111 cm³/mol. The fourth-order valence-corrected chi connectivity index (χ4v) is 4.37. The minimum absolute atomic E-state index is 0.0671. The number of nitrogens with one attached hydrogen (secondary N) is 1. The van der Waals surface area contributed by atoms with E-state index in [1.54, 1.807) is 24.1 Å². The number of thiophene rings is 1. The first-order chi connectivity index (χ1) is 13.9. The van der Waals surface area contributed by atoms with Crippen LogP contribution < -0.4 is 5.32 Å². The highest BCUT2D eigenvalue weighted by molar-refractivity contribution is 7.19. The van der Waals surface area contributed by atoms with Gasteiger partial charge in [0, 0.05) is 43.5 Å². The lowest BCUT2D eigenvalue weighted by Crippen LogP contribution is -2.48. The molecule has 1 fully saturated rings. The molecule has 0 saturated carbocycles. The smallest absolute Gasteiger partial charge is 0.322 e. The quantitative estimate of drug-likeness (QED) is 0.743. The standard InChI is InChI=1S/C21H25F2N3O2S/c1-3-4-20(27)26-9-7-17(8-10-26)25(2)21(28)24-19-6-5-18(29-19)14-11-15(22)13-16(23)12-14/h5-6,11-13,17H,3-4,7-10H2,1-2H3,(H,24,28). The Labute approximate surface area is 173 Å². The van der Waals surface area contributed by atoms with E-state index in [9.17, 15) is 18.4 Å². The van der Waals surface area contributed by atoms with Crippen LogP contribution in [0.4, 0.5) is 18.6 Å². The zero-order valence-corrected chi connectivity index (χ0v) is 17.4. The minimum Gasteiger partial charge on any atom is -0.343 e. The van der Waals surface area contributed by atoms with E-state index in [1.807, 2.05) is 11.8 Å². The van der Waals surface area contributed by atoms with Gasteiger partial charge >= 0.3 is 6.03 Å². The van der Waals surface area contributed by atoms with Crippen molar-refractivity contribution >= 4 is 28.3 Å². The molecular formula is C21H25F2N3O2S. The van der Waals surface area contributed by atoms with Gasteiger partial charge in [-0.1, -0.05) is 6.92 Å². The summed E-state index contributed by atoms with van der Waals surface area (Å²) in [6.07, 6.45) is 2.90. The van der Waals surface area contributed by atoms with Gasteiger partial charge in [-0.05, 0) is 49.1 Å². The Kier molecular flexibility index (Phi) is 6.84. The van der Waals surface area contributed by atoms with Crippen molar-refractivity contribution in [1.29, 1.82) is 0 Å². The van der Waals surface area contributed by atoms with E-state index < -0.39 is 11.6 Å². The highest BCUT2D eigenvalue weighted by Crippen LogP contribution is 2.32. The van der Waals surface area contributed by atoms with Crippen LogP contribution in [0.5, 0.6) is 0 Å². The third-order valence-electron chi connectivity index (χ3n) is 5.13. The molecule has 2 aromatic rings. The number of urea groups is 1. The molecule has 0 atom stereocenters. The molecule has 1 saturated heterocycles. The van der Waals surface area contributed by atoms with Crippen LogP contribution in [0.25, 0.3) is 10.4 Å². The first kappa shape index (κ1) is 21.2. The van der Waals surface area contributed by atoms with Gasteiger partial charge < -0.3 is 9.80 Å². The van der Waals surface area contributed by atoms with Crippen LogP contribution in [-0.4, -0.2) is 47.9 Å². The lowest BCUT2D eigenvalue weighted by atomic mass is 10.0. The first-order valence-electron chi connectivity index (χ1n) is 9.75. The zero-order chi connectivity index (χ0) is 21.0. The maximum Gasteiger partial charge on any atom is 0.322 e. The summed E-state index contributed by atoms with van der Waals surface area (Å²) in [5.74, 6) is -1.09. The summed E-state index contributed by atoms with van der Waals surface area (Å²) in [4.78, 5) is 28.8. The maximum atomic E-state index is 13.4. The molecule has 8 heteroatoms. The molecule has 0 unspecified atom stereocenters. The molecule has 1 aromatic heterocycles. The van der Waals surface area contributed by atoms with Crippen LogP contribution in [-0.2, 0) is 4.79 Å². The number of amides is 3. The SMILES string of the molecule is CCCC(=O)N1CCC(N(C)C(=O)Nc2ccc(-c3cc(F)cc(F)c3)s2)CC1. The van der Waals surface area contributed by atoms with Gasteiger partial charge in [0.15, 0.2) is 0 Å². The summed E-state index contributed by atoms with van der Waals surface area (Å²) < 4.78 is 26.9. The normalized spacial score (nSPS) is 14.7. The van der Waals surface area contributed by atoms with Gasteiger partial charge in [0.05, 0.1) is 5.00 Å². The van der Waals surface area contributed by atoms with E-state index in [0.29, 0.717) is 35.0 Å². The van der Waals surface area contributed by atoms with Gasteiger partial charge in [-0.3, -0.25) is 10.1 Å². The zero-order valence-electron chi connectivity index (χ0n) is 16.6. The molecule has 1 aliphatic rings. The Balaban J connectivity index is 1.57. The molecule has 3 rings (SSSR count). The molecule has 0 bridgehead atoms. The number of piperidine rings is 1. The number of likely N-dealkylation sites (tertiary alicyclic amines) is 1. The van der Waals surface area contributed by atoms with Gasteiger partial charge in [0.25, 0.3) is 0 Å². The van der Waals surface area contributed by atoms with Crippen molar-refractivity contribution in [2.75, 3.05) is 25.5 Å². The molecule has 3 amide bonds. The molecule has 2 heterocycles. The minimum atomic E-state index is -0.637. The number of anilines is 1. The number of rotatable bonds is 5. The lowest BCUT2D eigenvalue weighted by Gasteiger charge is -2.36. The van der Waals surface area contributed by atoms with Crippen molar-refractivity contribution in [1.82, 2.24) is 9.80 Å². The average molecular weight is 422 g/mol. The Morgan fingerprint density at radius 1 is 1.17 bits per heavy atom. The highest BCUT2D eigenvalue weighted by atomic mass is 32.1. The number of carbonyl (C=O) groups is 2. The fourth-order valence-electron chi connectivity index (χ4n) is 3.49. The van der Waals surface area contributed by atoms with Crippen molar-refractivity contribution in [3.8, 4) is 10.4 Å². The van der Waals surface area contributed by atoms with E-state index in [2.05, 4.69) is 5.32 Å².